The van der Waals surface area contributed by atoms with Crippen LogP contribution in [0.2, 0.25) is 0 Å². The maximum Gasteiger partial charge on any atom is 0.243 e. The molecular formula is C13H20ClFN2O2S. The van der Waals surface area contributed by atoms with Gasteiger partial charge in [-0.25, -0.2) is 17.5 Å². The largest absolute Gasteiger partial charge is 0.316 e. The lowest BCUT2D eigenvalue weighted by Crippen LogP contribution is -2.28. The van der Waals surface area contributed by atoms with Gasteiger partial charge in [0.1, 0.15) is 10.7 Å². The van der Waals surface area contributed by atoms with E-state index >= 15 is 0 Å². The average molecular weight is 323 g/mol. The minimum absolute atomic E-state index is 0. The van der Waals surface area contributed by atoms with E-state index in [0.717, 1.165) is 25.9 Å². The van der Waals surface area contributed by atoms with Crippen molar-refractivity contribution in [1.82, 2.24) is 10.0 Å². The highest BCUT2D eigenvalue weighted by Gasteiger charge is 2.22. The van der Waals surface area contributed by atoms with Crippen molar-refractivity contribution in [2.75, 3.05) is 19.6 Å². The third-order valence-corrected chi connectivity index (χ3v) is 5.08. The molecule has 0 saturated carbocycles. The molecule has 114 valence electrons. The molecular weight excluding hydrogens is 303 g/mol. The lowest BCUT2D eigenvalue weighted by atomic mass is 10.1. The molecule has 7 heteroatoms. The summed E-state index contributed by atoms with van der Waals surface area (Å²) in [5, 5.41) is 3.23. The fourth-order valence-corrected chi connectivity index (χ4v) is 3.73. The van der Waals surface area contributed by atoms with Crippen LogP contribution in [0.5, 0.6) is 0 Å². The van der Waals surface area contributed by atoms with Gasteiger partial charge in [-0.05, 0) is 50.4 Å². The van der Waals surface area contributed by atoms with Gasteiger partial charge in [-0.15, -0.1) is 12.4 Å². The van der Waals surface area contributed by atoms with Gasteiger partial charge in [-0.3, -0.25) is 0 Å². The van der Waals surface area contributed by atoms with Gasteiger partial charge in [-0.2, -0.15) is 0 Å². The first kappa shape index (κ1) is 17.4. The van der Waals surface area contributed by atoms with Gasteiger partial charge in [0.25, 0.3) is 0 Å². The van der Waals surface area contributed by atoms with Gasteiger partial charge >= 0.3 is 0 Å². The first-order chi connectivity index (χ1) is 9.00. The number of nitrogens with one attached hydrogen (secondary N) is 2. The maximum atomic E-state index is 13.6. The second-order valence-corrected chi connectivity index (χ2v) is 6.63. The second kappa shape index (κ2) is 7.36. The number of sulfonamides is 1. The predicted molar refractivity (Wildman–Crippen MR) is 79.2 cm³/mol. The molecule has 1 aromatic carbocycles. The normalized spacial score (nSPS) is 18.8. The summed E-state index contributed by atoms with van der Waals surface area (Å²) in [4.78, 5) is -0.237. The Morgan fingerprint density at radius 1 is 1.45 bits per heavy atom. The first-order valence-electron chi connectivity index (χ1n) is 6.46. The average Bonchev–Trinajstić information content (AvgIpc) is 2.81. The second-order valence-electron chi connectivity index (χ2n) is 4.93. The Labute approximate surface area is 125 Å². The van der Waals surface area contributed by atoms with E-state index in [1.807, 2.05) is 0 Å². The lowest BCUT2D eigenvalue weighted by molar-refractivity contribution is 0.515. The Morgan fingerprint density at radius 2 is 2.20 bits per heavy atom. The van der Waals surface area contributed by atoms with E-state index in [4.69, 9.17) is 0 Å². The van der Waals surface area contributed by atoms with E-state index in [9.17, 15) is 12.8 Å². The zero-order chi connectivity index (χ0) is 13.9. The summed E-state index contributed by atoms with van der Waals surface area (Å²) in [6, 6.07) is 4.27. The van der Waals surface area contributed by atoms with Crippen LogP contribution in [0.1, 0.15) is 18.4 Å². The van der Waals surface area contributed by atoms with Gasteiger partial charge in [0.05, 0.1) is 0 Å². The molecule has 1 unspecified atom stereocenters. The van der Waals surface area contributed by atoms with Gasteiger partial charge < -0.3 is 5.32 Å². The molecule has 1 heterocycles. The van der Waals surface area contributed by atoms with Crippen molar-refractivity contribution >= 4 is 22.4 Å². The molecule has 1 aromatic rings. The van der Waals surface area contributed by atoms with Crippen molar-refractivity contribution < 1.29 is 12.8 Å². The Morgan fingerprint density at radius 3 is 2.80 bits per heavy atom. The summed E-state index contributed by atoms with van der Waals surface area (Å²) < 4.78 is 40.3. The molecule has 4 nitrogen and oxygen atoms in total. The van der Waals surface area contributed by atoms with Gasteiger partial charge in [-0.1, -0.05) is 12.1 Å². The predicted octanol–water partition coefficient (Wildman–Crippen LogP) is 1.83. The number of hydrogen-bond donors (Lipinski definition) is 2. The van der Waals surface area contributed by atoms with Crippen LogP contribution in [0.4, 0.5) is 4.39 Å². The summed E-state index contributed by atoms with van der Waals surface area (Å²) in [6.45, 7) is 3.87. The van der Waals surface area contributed by atoms with Crippen molar-refractivity contribution in [1.29, 1.82) is 0 Å². The van der Waals surface area contributed by atoms with Crippen LogP contribution >= 0.6 is 12.4 Å². The lowest BCUT2D eigenvalue weighted by Gasteiger charge is -2.12. The minimum Gasteiger partial charge on any atom is -0.316 e. The van der Waals surface area contributed by atoms with Crippen LogP contribution in [0, 0.1) is 18.7 Å². The molecule has 0 bridgehead atoms. The van der Waals surface area contributed by atoms with Crippen LogP contribution in [-0.2, 0) is 10.0 Å². The molecule has 0 aliphatic carbocycles. The highest BCUT2D eigenvalue weighted by molar-refractivity contribution is 7.89. The van der Waals surface area contributed by atoms with Crippen LogP contribution in [0.15, 0.2) is 23.1 Å². The molecule has 1 aliphatic heterocycles. The number of benzene rings is 1. The molecule has 1 fully saturated rings. The van der Waals surface area contributed by atoms with Crippen molar-refractivity contribution in [3.8, 4) is 0 Å². The third kappa shape index (κ3) is 4.15. The number of rotatable bonds is 5. The Bertz CT molecular complexity index is 525. The summed E-state index contributed by atoms with van der Waals surface area (Å²) in [6.07, 6.45) is 1.85. The van der Waals surface area contributed by atoms with Crippen LogP contribution in [0.25, 0.3) is 0 Å². The maximum absolute atomic E-state index is 13.6. The molecule has 0 spiro atoms. The van der Waals surface area contributed by atoms with Crippen molar-refractivity contribution in [2.24, 2.45) is 5.92 Å². The van der Waals surface area contributed by atoms with E-state index in [2.05, 4.69) is 10.0 Å². The minimum atomic E-state index is -3.76. The van der Waals surface area contributed by atoms with Crippen molar-refractivity contribution in [3.05, 3.63) is 29.6 Å². The SMILES string of the molecule is Cc1cccc(F)c1S(=O)(=O)NCCC1CCNC1.Cl. The van der Waals surface area contributed by atoms with Crippen molar-refractivity contribution in [2.45, 2.75) is 24.7 Å². The molecule has 1 atom stereocenters. The van der Waals surface area contributed by atoms with E-state index in [1.54, 1.807) is 13.0 Å². The summed E-state index contributed by atoms with van der Waals surface area (Å²) >= 11 is 0. The van der Waals surface area contributed by atoms with E-state index < -0.39 is 15.8 Å². The standard InChI is InChI=1S/C13H19FN2O2S.ClH/c1-10-3-2-4-12(14)13(10)19(17,18)16-8-6-11-5-7-15-9-11;/h2-4,11,15-16H,5-9H2,1H3;1H. The topological polar surface area (TPSA) is 58.2 Å². The van der Waals surface area contributed by atoms with Gasteiger partial charge in [0.15, 0.2) is 0 Å². The molecule has 1 aliphatic rings. The summed E-state index contributed by atoms with van der Waals surface area (Å²) in [5.41, 5.74) is 0.426. The zero-order valence-electron chi connectivity index (χ0n) is 11.4. The Kier molecular flexibility index (Phi) is 6.39. The summed E-state index contributed by atoms with van der Waals surface area (Å²) in [5.74, 6) is -0.195. The monoisotopic (exact) mass is 322 g/mol. The smallest absolute Gasteiger partial charge is 0.243 e. The summed E-state index contributed by atoms with van der Waals surface area (Å²) in [7, 11) is -3.76. The fourth-order valence-electron chi connectivity index (χ4n) is 2.39. The number of aryl methyl sites for hydroxylation is 1. The quantitative estimate of drug-likeness (QED) is 0.869. The molecule has 2 N–H and O–H groups in total. The highest BCUT2D eigenvalue weighted by Crippen LogP contribution is 2.19. The Balaban J connectivity index is 0.00000200. The highest BCUT2D eigenvalue weighted by atomic mass is 35.5. The molecule has 0 aromatic heterocycles. The number of hydrogen-bond acceptors (Lipinski definition) is 3. The number of halogens is 2. The van der Waals surface area contributed by atoms with Gasteiger partial charge in [0.2, 0.25) is 10.0 Å². The first-order valence-corrected chi connectivity index (χ1v) is 7.94. The third-order valence-electron chi connectivity index (χ3n) is 3.44. The zero-order valence-corrected chi connectivity index (χ0v) is 13.0. The van der Waals surface area contributed by atoms with E-state index in [-0.39, 0.29) is 17.3 Å². The Hall–Kier alpha value is -0.690. The van der Waals surface area contributed by atoms with Crippen LogP contribution in [0.3, 0.4) is 0 Å². The van der Waals surface area contributed by atoms with Crippen LogP contribution in [-0.4, -0.2) is 28.1 Å². The van der Waals surface area contributed by atoms with Crippen molar-refractivity contribution in [3.63, 3.8) is 0 Å². The molecule has 0 radical (unpaired) electrons. The molecule has 1 saturated heterocycles. The molecule has 2 rings (SSSR count). The van der Waals surface area contributed by atoms with E-state index in [0.29, 0.717) is 18.0 Å². The van der Waals surface area contributed by atoms with Crippen LogP contribution < -0.4 is 10.0 Å². The molecule has 20 heavy (non-hydrogen) atoms. The van der Waals surface area contributed by atoms with E-state index in [1.165, 1.54) is 12.1 Å². The van der Waals surface area contributed by atoms with Gasteiger partial charge in [0, 0.05) is 6.54 Å². The molecule has 0 amide bonds. The fraction of sp³-hybridized carbons (Fsp3) is 0.538.